The van der Waals surface area contributed by atoms with Gasteiger partial charge in [-0.3, -0.25) is 0 Å². The van der Waals surface area contributed by atoms with Crippen molar-refractivity contribution in [1.82, 2.24) is 0 Å². The molecule has 0 radical (unpaired) electrons. The minimum Gasteiger partial charge on any atom is -0.394 e. The third kappa shape index (κ3) is 5.53. The monoisotopic (exact) mass is 430 g/mol. The molecule has 3 aromatic rings. The summed E-state index contributed by atoms with van der Waals surface area (Å²) in [7, 11) is 0. The largest absolute Gasteiger partial charge is 0.394 e. The van der Waals surface area contributed by atoms with Crippen LogP contribution in [-0.2, 0) is 11.2 Å². The Labute approximate surface area is 180 Å². The molecule has 30 heavy (non-hydrogen) atoms. The lowest BCUT2D eigenvalue weighted by Gasteiger charge is -2.25. The number of aliphatic hydroxyl groups is 3. The van der Waals surface area contributed by atoms with Gasteiger partial charge in [-0.05, 0) is 59.9 Å². The second-order valence-electron chi connectivity index (χ2n) is 7.32. The van der Waals surface area contributed by atoms with E-state index in [1.807, 2.05) is 38.1 Å². The van der Waals surface area contributed by atoms with E-state index in [4.69, 9.17) is 4.74 Å². The van der Waals surface area contributed by atoms with E-state index in [0.717, 1.165) is 26.4 Å². The summed E-state index contributed by atoms with van der Waals surface area (Å²) in [6.07, 6.45) is -1.82. The Hall–Kier alpha value is -2.09. The predicted octanol–water partition coefficient (Wildman–Crippen LogP) is 4.59. The van der Waals surface area contributed by atoms with E-state index in [2.05, 4.69) is 6.07 Å². The van der Waals surface area contributed by atoms with Gasteiger partial charge in [0, 0.05) is 16.2 Å². The molecule has 0 aliphatic carbocycles. The fourth-order valence-electron chi connectivity index (χ4n) is 3.29. The lowest BCUT2D eigenvalue weighted by Crippen LogP contribution is -2.27. The van der Waals surface area contributed by atoms with Gasteiger partial charge in [-0.25, -0.2) is 4.39 Å². The molecular weight excluding hydrogens is 403 g/mol. The van der Waals surface area contributed by atoms with Crippen LogP contribution in [0.15, 0.2) is 54.6 Å². The van der Waals surface area contributed by atoms with Crippen molar-refractivity contribution in [2.75, 3.05) is 6.61 Å². The molecule has 0 saturated heterocycles. The van der Waals surface area contributed by atoms with E-state index >= 15 is 0 Å². The molecule has 2 atom stereocenters. The van der Waals surface area contributed by atoms with E-state index in [-0.39, 0.29) is 12.4 Å². The van der Waals surface area contributed by atoms with Gasteiger partial charge in [0.2, 0.25) is 0 Å². The normalized spacial score (nSPS) is 13.6. The molecule has 6 heteroatoms. The quantitative estimate of drug-likeness (QED) is 0.434. The summed E-state index contributed by atoms with van der Waals surface area (Å²) in [6, 6.07) is 16.2. The molecule has 0 aliphatic rings. The Morgan fingerprint density at radius 3 is 2.40 bits per heavy atom. The van der Waals surface area contributed by atoms with Crippen molar-refractivity contribution in [1.29, 1.82) is 0 Å². The zero-order valence-electron chi connectivity index (χ0n) is 17.1. The average molecular weight is 431 g/mol. The number of rotatable bonds is 9. The fraction of sp³-hybridized carbons (Fsp3) is 0.333. The van der Waals surface area contributed by atoms with Gasteiger partial charge in [0.15, 0.2) is 6.29 Å². The maximum absolute atomic E-state index is 13.2. The van der Waals surface area contributed by atoms with Gasteiger partial charge in [0.1, 0.15) is 11.9 Å². The number of hydrogen-bond donors (Lipinski definition) is 3. The topological polar surface area (TPSA) is 69.9 Å². The van der Waals surface area contributed by atoms with Crippen LogP contribution in [0.25, 0.3) is 10.4 Å². The predicted molar refractivity (Wildman–Crippen MR) is 117 cm³/mol. The summed E-state index contributed by atoms with van der Waals surface area (Å²) in [5.41, 5.74) is 3.79. The summed E-state index contributed by atoms with van der Waals surface area (Å²) in [4.78, 5) is 2.22. The van der Waals surface area contributed by atoms with Crippen LogP contribution in [-0.4, -0.2) is 34.3 Å². The first kappa shape index (κ1) is 22.6. The van der Waals surface area contributed by atoms with Crippen molar-refractivity contribution < 1.29 is 24.4 Å². The first-order chi connectivity index (χ1) is 14.4. The van der Waals surface area contributed by atoms with E-state index in [1.54, 1.807) is 23.5 Å². The molecule has 0 amide bonds. The lowest BCUT2D eigenvalue weighted by molar-refractivity contribution is -0.173. The second kappa shape index (κ2) is 10.3. The Balaban J connectivity index is 1.82. The van der Waals surface area contributed by atoms with Crippen molar-refractivity contribution in [3.63, 3.8) is 0 Å². The molecule has 3 N–H and O–H groups in total. The first-order valence-corrected chi connectivity index (χ1v) is 10.8. The molecule has 160 valence electrons. The molecule has 1 heterocycles. The van der Waals surface area contributed by atoms with E-state index in [0.29, 0.717) is 18.4 Å². The molecule has 3 rings (SSSR count). The maximum atomic E-state index is 13.2. The minimum absolute atomic E-state index is 0.181. The van der Waals surface area contributed by atoms with Crippen molar-refractivity contribution in [2.24, 2.45) is 0 Å². The molecule has 0 fully saturated rings. The van der Waals surface area contributed by atoms with Crippen LogP contribution in [0.2, 0.25) is 0 Å². The van der Waals surface area contributed by atoms with Crippen molar-refractivity contribution in [2.45, 2.75) is 45.2 Å². The number of thiophene rings is 1. The Bertz CT molecular complexity index is 948. The highest BCUT2D eigenvalue weighted by Crippen LogP contribution is 2.31. The Kier molecular flexibility index (Phi) is 7.75. The third-order valence-electron chi connectivity index (χ3n) is 5.13. The van der Waals surface area contributed by atoms with Crippen molar-refractivity contribution in [3.8, 4) is 10.4 Å². The Morgan fingerprint density at radius 2 is 1.77 bits per heavy atom. The van der Waals surface area contributed by atoms with E-state index < -0.39 is 18.5 Å². The molecule has 0 saturated carbocycles. The van der Waals surface area contributed by atoms with Crippen LogP contribution >= 0.6 is 11.3 Å². The highest BCUT2D eigenvalue weighted by atomic mass is 32.1. The number of hydrogen-bond acceptors (Lipinski definition) is 5. The highest BCUT2D eigenvalue weighted by Gasteiger charge is 2.24. The number of ether oxygens (including phenoxy) is 1. The number of halogens is 1. The average Bonchev–Trinajstić information content (AvgIpc) is 3.19. The van der Waals surface area contributed by atoms with Crippen LogP contribution in [0.5, 0.6) is 0 Å². The van der Waals surface area contributed by atoms with Gasteiger partial charge < -0.3 is 20.1 Å². The number of benzene rings is 2. The van der Waals surface area contributed by atoms with Gasteiger partial charge >= 0.3 is 0 Å². The van der Waals surface area contributed by atoms with Crippen LogP contribution in [0.1, 0.15) is 41.0 Å². The second-order valence-corrected chi connectivity index (χ2v) is 8.49. The lowest BCUT2D eigenvalue weighted by atomic mass is 9.98. The molecule has 1 aromatic heterocycles. The zero-order chi connectivity index (χ0) is 21.7. The minimum atomic E-state index is -1.69. The summed E-state index contributed by atoms with van der Waals surface area (Å²) in [6.45, 7) is 3.71. The summed E-state index contributed by atoms with van der Waals surface area (Å²) >= 11 is 1.65. The van der Waals surface area contributed by atoms with E-state index in [1.165, 1.54) is 12.1 Å². The summed E-state index contributed by atoms with van der Waals surface area (Å²) in [5.74, 6) is -0.252. The van der Waals surface area contributed by atoms with Crippen LogP contribution in [0, 0.1) is 12.7 Å². The van der Waals surface area contributed by atoms with Crippen molar-refractivity contribution in [3.05, 3.63) is 82.0 Å². The van der Waals surface area contributed by atoms with Gasteiger partial charge in [-0.1, -0.05) is 37.3 Å². The molecular formula is C24H27FO4S. The number of aliphatic hydroxyl groups excluding tert-OH is 2. The van der Waals surface area contributed by atoms with Gasteiger partial charge in [0.25, 0.3) is 0 Å². The van der Waals surface area contributed by atoms with E-state index in [9.17, 15) is 19.7 Å². The van der Waals surface area contributed by atoms with Gasteiger partial charge in [-0.2, -0.15) is 0 Å². The fourth-order valence-corrected chi connectivity index (χ4v) is 4.32. The zero-order valence-corrected chi connectivity index (χ0v) is 17.9. The highest BCUT2D eigenvalue weighted by molar-refractivity contribution is 7.15. The van der Waals surface area contributed by atoms with Gasteiger partial charge in [0.05, 0.1) is 12.7 Å². The number of aryl methyl sites for hydroxylation is 1. The standard InChI is InChI=1S/C24H27FO4S/c1-3-20(14-26)29-23(24(27)28)17-5-4-15(2)18(12-17)13-21-10-11-22(30-21)16-6-8-19(25)9-7-16/h4-12,20,23-24,26-28H,3,13-14H2,1-2H3. The molecule has 0 aliphatic heterocycles. The third-order valence-corrected chi connectivity index (χ3v) is 6.26. The summed E-state index contributed by atoms with van der Waals surface area (Å²) < 4.78 is 18.9. The molecule has 2 unspecified atom stereocenters. The molecule has 4 nitrogen and oxygen atoms in total. The molecule has 0 bridgehead atoms. The van der Waals surface area contributed by atoms with Crippen LogP contribution in [0.4, 0.5) is 4.39 Å². The van der Waals surface area contributed by atoms with Crippen molar-refractivity contribution >= 4 is 11.3 Å². The SMILES string of the molecule is CCC(CO)OC(c1ccc(C)c(Cc2ccc(-c3ccc(F)cc3)s2)c1)C(O)O. The molecule has 0 spiro atoms. The maximum Gasteiger partial charge on any atom is 0.182 e. The summed E-state index contributed by atoms with van der Waals surface area (Å²) in [5, 5.41) is 29.1. The van der Waals surface area contributed by atoms with Crippen LogP contribution < -0.4 is 0 Å². The van der Waals surface area contributed by atoms with Gasteiger partial charge in [-0.15, -0.1) is 11.3 Å². The smallest absolute Gasteiger partial charge is 0.182 e. The van der Waals surface area contributed by atoms with Crippen LogP contribution in [0.3, 0.4) is 0 Å². The molecule has 2 aromatic carbocycles. The Morgan fingerprint density at radius 1 is 1.03 bits per heavy atom. The first-order valence-electron chi connectivity index (χ1n) is 9.97.